The van der Waals surface area contributed by atoms with Gasteiger partial charge < -0.3 is 0 Å². The largest absolute Gasteiger partial charge is 0.294 e. The summed E-state index contributed by atoms with van der Waals surface area (Å²) in [4.78, 5) is 2.28. The quantitative estimate of drug-likeness (QED) is 0.866. The lowest BCUT2D eigenvalue weighted by Gasteiger charge is -2.24. The molecule has 1 aromatic carbocycles. The first-order chi connectivity index (χ1) is 10.3. The van der Waals surface area contributed by atoms with Crippen LogP contribution < -0.4 is 0 Å². The van der Waals surface area contributed by atoms with Crippen molar-refractivity contribution in [1.82, 2.24) is 14.7 Å². The monoisotopic (exact) mass is 284 g/mol. The van der Waals surface area contributed by atoms with Crippen LogP contribution in [0.3, 0.4) is 0 Å². The van der Waals surface area contributed by atoms with E-state index < -0.39 is 0 Å². The van der Waals surface area contributed by atoms with Crippen molar-refractivity contribution in [3.05, 3.63) is 53.6 Å². The van der Waals surface area contributed by atoms with Gasteiger partial charge in [0.05, 0.1) is 18.2 Å². The van der Waals surface area contributed by atoms with Crippen LogP contribution in [0.4, 0.5) is 4.39 Å². The molecule has 5 heteroatoms. The summed E-state index contributed by atoms with van der Waals surface area (Å²) < 4.78 is 15.8. The van der Waals surface area contributed by atoms with Crippen LogP contribution in [0.15, 0.2) is 36.7 Å². The Balaban J connectivity index is 1.73. The average molecular weight is 284 g/mol. The van der Waals surface area contributed by atoms with Crippen LogP contribution in [0.5, 0.6) is 0 Å². The Bertz CT molecular complexity index is 645. The van der Waals surface area contributed by atoms with E-state index in [9.17, 15) is 4.39 Å². The molecule has 0 saturated carbocycles. The van der Waals surface area contributed by atoms with Gasteiger partial charge in [0.1, 0.15) is 5.82 Å². The van der Waals surface area contributed by atoms with E-state index in [1.165, 1.54) is 12.1 Å². The fraction of sp³-hybridized carbons (Fsp3) is 0.375. The van der Waals surface area contributed by atoms with Crippen LogP contribution in [-0.4, -0.2) is 27.3 Å². The normalized spacial score (nSPS) is 18.8. The molecule has 1 atom stereocenters. The summed E-state index contributed by atoms with van der Waals surface area (Å²) in [7, 11) is 0. The smallest absolute Gasteiger partial charge is 0.127 e. The van der Waals surface area contributed by atoms with Crippen molar-refractivity contribution in [1.29, 1.82) is 5.26 Å². The van der Waals surface area contributed by atoms with E-state index in [1.54, 1.807) is 12.3 Å². The van der Waals surface area contributed by atoms with Gasteiger partial charge in [-0.1, -0.05) is 0 Å². The maximum absolute atomic E-state index is 13.9. The molecule has 0 amide bonds. The van der Waals surface area contributed by atoms with E-state index in [4.69, 9.17) is 5.26 Å². The number of nitrogens with zero attached hydrogens (tertiary/aromatic N) is 4. The number of benzene rings is 1. The first kappa shape index (κ1) is 13.8. The molecule has 0 N–H and O–H groups in total. The van der Waals surface area contributed by atoms with Gasteiger partial charge in [0.25, 0.3) is 0 Å². The lowest BCUT2D eigenvalue weighted by atomic mass is 10.1. The first-order valence-electron chi connectivity index (χ1n) is 7.16. The van der Waals surface area contributed by atoms with Gasteiger partial charge in [-0.2, -0.15) is 10.4 Å². The lowest BCUT2D eigenvalue weighted by molar-refractivity contribution is 0.216. The number of aromatic nitrogens is 2. The molecule has 21 heavy (non-hydrogen) atoms. The van der Waals surface area contributed by atoms with E-state index in [2.05, 4.69) is 16.1 Å². The topological polar surface area (TPSA) is 44.9 Å². The number of nitriles is 1. The molecule has 0 unspecified atom stereocenters. The van der Waals surface area contributed by atoms with Crippen molar-refractivity contribution in [3.63, 3.8) is 0 Å². The average Bonchev–Trinajstić information content (AvgIpc) is 3.14. The second-order valence-corrected chi connectivity index (χ2v) is 5.41. The van der Waals surface area contributed by atoms with Crippen LogP contribution >= 0.6 is 0 Å². The predicted octanol–water partition coefficient (Wildman–Crippen LogP) is 2.56. The minimum absolute atomic E-state index is 0.237. The van der Waals surface area contributed by atoms with Crippen LogP contribution in [0.2, 0.25) is 0 Å². The molecule has 0 radical (unpaired) electrons. The Labute approximate surface area is 123 Å². The highest BCUT2D eigenvalue weighted by Gasteiger charge is 2.25. The standard InChI is InChI=1S/C16H17FN4/c17-16-5-4-13(10-18)9-14(16)11-20-7-1-3-15(20)12-21-8-2-6-19-21/h2,4-6,8-9,15H,1,3,7,11-12H2/t15-/m0/s1. The van der Waals surface area contributed by atoms with Crippen molar-refractivity contribution < 1.29 is 4.39 Å². The molecule has 1 aromatic heterocycles. The molecule has 0 aliphatic carbocycles. The summed E-state index contributed by atoms with van der Waals surface area (Å²) in [5, 5.41) is 13.2. The number of halogens is 1. The van der Waals surface area contributed by atoms with Gasteiger partial charge in [-0.25, -0.2) is 4.39 Å². The van der Waals surface area contributed by atoms with E-state index in [0.29, 0.717) is 23.7 Å². The van der Waals surface area contributed by atoms with E-state index >= 15 is 0 Å². The Morgan fingerprint density at radius 1 is 1.43 bits per heavy atom. The molecule has 3 rings (SSSR count). The van der Waals surface area contributed by atoms with Gasteiger partial charge >= 0.3 is 0 Å². The van der Waals surface area contributed by atoms with E-state index in [1.807, 2.05) is 16.9 Å². The summed E-state index contributed by atoms with van der Waals surface area (Å²) in [6.45, 7) is 2.34. The number of rotatable bonds is 4. The van der Waals surface area contributed by atoms with Gasteiger partial charge in [0.15, 0.2) is 0 Å². The van der Waals surface area contributed by atoms with Gasteiger partial charge in [0.2, 0.25) is 0 Å². The van der Waals surface area contributed by atoms with E-state index in [-0.39, 0.29) is 5.82 Å². The van der Waals surface area contributed by atoms with Crippen LogP contribution in [0.25, 0.3) is 0 Å². The van der Waals surface area contributed by atoms with Crippen molar-refractivity contribution in [2.24, 2.45) is 0 Å². The SMILES string of the molecule is N#Cc1ccc(F)c(CN2CCC[C@H]2Cn2cccn2)c1. The highest BCUT2D eigenvalue weighted by atomic mass is 19.1. The second kappa shape index (κ2) is 6.06. The highest BCUT2D eigenvalue weighted by molar-refractivity contribution is 5.33. The predicted molar refractivity (Wildman–Crippen MR) is 76.8 cm³/mol. The van der Waals surface area contributed by atoms with Gasteiger partial charge in [0, 0.05) is 30.5 Å². The summed E-state index contributed by atoms with van der Waals surface area (Å²) in [5.74, 6) is -0.237. The van der Waals surface area contributed by atoms with Crippen molar-refractivity contribution in [2.45, 2.75) is 32.0 Å². The molecule has 108 valence electrons. The molecule has 1 fully saturated rings. The zero-order valence-corrected chi connectivity index (χ0v) is 11.7. The lowest BCUT2D eigenvalue weighted by Crippen LogP contribution is -2.33. The molecular weight excluding hydrogens is 267 g/mol. The highest BCUT2D eigenvalue weighted by Crippen LogP contribution is 2.22. The van der Waals surface area contributed by atoms with Crippen molar-refractivity contribution in [3.8, 4) is 6.07 Å². The third-order valence-electron chi connectivity index (χ3n) is 4.00. The molecule has 1 aliphatic heterocycles. The Morgan fingerprint density at radius 3 is 3.10 bits per heavy atom. The van der Waals surface area contributed by atoms with Gasteiger partial charge in [-0.05, 0) is 43.7 Å². The summed E-state index contributed by atoms with van der Waals surface area (Å²) in [6.07, 6.45) is 5.94. The molecule has 2 aromatic rings. The molecule has 4 nitrogen and oxygen atoms in total. The second-order valence-electron chi connectivity index (χ2n) is 5.41. The zero-order chi connectivity index (χ0) is 14.7. The summed E-state index contributed by atoms with van der Waals surface area (Å²) in [5.41, 5.74) is 1.11. The molecule has 0 bridgehead atoms. The van der Waals surface area contributed by atoms with Crippen LogP contribution in [-0.2, 0) is 13.1 Å². The van der Waals surface area contributed by atoms with Gasteiger partial charge in [-0.15, -0.1) is 0 Å². The van der Waals surface area contributed by atoms with Crippen molar-refractivity contribution >= 4 is 0 Å². The molecular formula is C16H17FN4. The minimum Gasteiger partial charge on any atom is -0.294 e. The number of likely N-dealkylation sites (tertiary alicyclic amines) is 1. The maximum Gasteiger partial charge on any atom is 0.127 e. The third kappa shape index (κ3) is 3.11. The molecule has 0 spiro atoms. The van der Waals surface area contributed by atoms with E-state index in [0.717, 1.165) is 25.9 Å². The summed E-state index contributed by atoms with van der Waals surface area (Å²) in [6, 6.07) is 8.90. The summed E-state index contributed by atoms with van der Waals surface area (Å²) >= 11 is 0. The fourth-order valence-electron chi connectivity index (χ4n) is 2.92. The minimum atomic E-state index is -0.237. The third-order valence-corrected chi connectivity index (χ3v) is 4.00. The zero-order valence-electron chi connectivity index (χ0n) is 11.7. The first-order valence-corrected chi connectivity index (χ1v) is 7.16. The number of hydrogen-bond acceptors (Lipinski definition) is 3. The molecule has 2 heterocycles. The van der Waals surface area contributed by atoms with Crippen molar-refractivity contribution in [2.75, 3.05) is 6.54 Å². The van der Waals surface area contributed by atoms with Crippen LogP contribution in [0.1, 0.15) is 24.0 Å². The Hall–Kier alpha value is -2.19. The van der Waals surface area contributed by atoms with Crippen LogP contribution in [0, 0.1) is 17.1 Å². The Kier molecular flexibility index (Phi) is 3.98. The number of hydrogen-bond donors (Lipinski definition) is 0. The van der Waals surface area contributed by atoms with Gasteiger partial charge in [-0.3, -0.25) is 9.58 Å². The molecule has 1 aliphatic rings. The maximum atomic E-state index is 13.9. The fourth-order valence-corrected chi connectivity index (χ4v) is 2.92. The Morgan fingerprint density at radius 2 is 2.33 bits per heavy atom. The molecule has 1 saturated heterocycles.